The van der Waals surface area contributed by atoms with E-state index in [4.69, 9.17) is 34.8 Å². The number of thiophene rings is 1. The summed E-state index contributed by atoms with van der Waals surface area (Å²) < 4.78 is 26.2. The second kappa shape index (κ2) is 8.24. The van der Waals surface area contributed by atoms with Crippen LogP contribution in [-0.4, -0.2) is 32.2 Å². The lowest BCUT2D eigenvalue weighted by molar-refractivity contribution is -0.121. The van der Waals surface area contributed by atoms with Crippen LogP contribution in [0.25, 0.3) is 0 Å². The van der Waals surface area contributed by atoms with Gasteiger partial charge in [0.25, 0.3) is 10.0 Å². The molecule has 1 unspecified atom stereocenters. The zero-order chi connectivity index (χ0) is 18.8. The third-order valence-corrected chi connectivity index (χ3v) is 7.64. The van der Waals surface area contributed by atoms with Gasteiger partial charge in [0.2, 0.25) is 5.91 Å². The Bertz CT molecular complexity index is 884. The molecule has 0 fully saturated rings. The molecule has 0 bridgehead atoms. The van der Waals surface area contributed by atoms with Crippen LogP contribution in [0.3, 0.4) is 0 Å². The SMILES string of the molecule is CC(NC(=O)CN(C)S(=O)(=O)c1ccc(Cl)s1)c1ccc(Cl)c(Cl)c1. The molecule has 1 aromatic carbocycles. The van der Waals surface area contributed by atoms with Gasteiger partial charge in [-0.05, 0) is 36.8 Å². The van der Waals surface area contributed by atoms with Crippen molar-refractivity contribution in [1.82, 2.24) is 9.62 Å². The molecule has 10 heteroatoms. The van der Waals surface area contributed by atoms with Crippen molar-refractivity contribution in [3.05, 3.63) is 50.3 Å². The summed E-state index contributed by atoms with van der Waals surface area (Å²) in [6.45, 7) is 1.45. The van der Waals surface area contributed by atoms with E-state index in [1.807, 2.05) is 0 Å². The van der Waals surface area contributed by atoms with Gasteiger partial charge in [0.05, 0.1) is 27.0 Å². The van der Waals surface area contributed by atoms with Crippen LogP contribution in [0.2, 0.25) is 14.4 Å². The number of benzene rings is 1. The smallest absolute Gasteiger partial charge is 0.252 e. The topological polar surface area (TPSA) is 66.5 Å². The number of carbonyl (C=O) groups is 1. The number of sulfonamides is 1. The van der Waals surface area contributed by atoms with Crippen LogP contribution in [-0.2, 0) is 14.8 Å². The van der Waals surface area contributed by atoms with Gasteiger partial charge in [-0.1, -0.05) is 40.9 Å². The summed E-state index contributed by atoms with van der Waals surface area (Å²) in [5.41, 5.74) is 0.762. The standard InChI is InChI=1S/C15H15Cl3N2O3S2/c1-9(10-3-4-11(16)12(17)7-10)19-14(21)8-20(2)25(22,23)15-6-5-13(18)24-15/h3-7,9H,8H2,1-2H3,(H,19,21). The Balaban J connectivity index is 2.02. The second-order valence-electron chi connectivity index (χ2n) is 5.28. The fourth-order valence-electron chi connectivity index (χ4n) is 2.03. The Morgan fingerprint density at radius 1 is 1.20 bits per heavy atom. The molecule has 1 heterocycles. The third kappa shape index (κ3) is 5.09. The summed E-state index contributed by atoms with van der Waals surface area (Å²) >= 11 is 18.5. The van der Waals surface area contributed by atoms with Gasteiger partial charge in [-0.2, -0.15) is 4.31 Å². The van der Waals surface area contributed by atoms with Crippen LogP contribution in [0.4, 0.5) is 0 Å². The van der Waals surface area contributed by atoms with Gasteiger partial charge in [-0.25, -0.2) is 8.42 Å². The van der Waals surface area contributed by atoms with Crippen molar-refractivity contribution >= 4 is 62.1 Å². The Morgan fingerprint density at radius 3 is 2.44 bits per heavy atom. The maximum Gasteiger partial charge on any atom is 0.252 e. The lowest BCUT2D eigenvalue weighted by Gasteiger charge is -2.19. The summed E-state index contributed by atoms with van der Waals surface area (Å²) in [6, 6.07) is 7.60. The average molecular weight is 442 g/mol. The number of carbonyl (C=O) groups excluding carboxylic acids is 1. The summed E-state index contributed by atoms with van der Waals surface area (Å²) in [5.74, 6) is -0.438. The Morgan fingerprint density at radius 2 is 1.88 bits per heavy atom. The van der Waals surface area contributed by atoms with Crippen LogP contribution in [0.1, 0.15) is 18.5 Å². The van der Waals surface area contributed by atoms with Crippen molar-refractivity contribution in [1.29, 1.82) is 0 Å². The van der Waals surface area contributed by atoms with Crippen LogP contribution < -0.4 is 5.32 Å². The largest absolute Gasteiger partial charge is 0.348 e. The van der Waals surface area contributed by atoms with E-state index < -0.39 is 15.9 Å². The zero-order valence-electron chi connectivity index (χ0n) is 13.3. The second-order valence-corrected chi connectivity index (χ2v) is 10.1. The summed E-state index contributed by atoms with van der Waals surface area (Å²) in [4.78, 5) is 12.2. The van der Waals surface area contributed by atoms with E-state index >= 15 is 0 Å². The van der Waals surface area contributed by atoms with Crippen molar-refractivity contribution in [2.24, 2.45) is 0 Å². The fraction of sp³-hybridized carbons (Fsp3) is 0.267. The van der Waals surface area contributed by atoms with Crippen molar-refractivity contribution in [3.8, 4) is 0 Å². The maximum atomic E-state index is 12.4. The van der Waals surface area contributed by atoms with Gasteiger partial charge in [-0.3, -0.25) is 4.79 Å². The lowest BCUT2D eigenvalue weighted by atomic mass is 10.1. The van der Waals surface area contributed by atoms with Crippen LogP contribution in [0, 0.1) is 0 Å². The molecule has 0 aliphatic heterocycles. The van der Waals surface area contributed by atoms with Crippen LogP contribution in [0.5, 0.6) is 0 Å². The van der Waals surface area contributed by atoms with Gasteiger partial charge in [0.1, 0.15) is 4.21 Å². The third-order valence-electron chi connectivity index (χ3n) is 3.40. The molecular formula is C15H15Cl3N2O3S2. The first-order valence-corrected chi connectivity index (χ1v) is 10.5. The van der Waals surface area contributed by atoms with E-state index in [1.54, 1.807) is 25.1 Å². The first kappa shape index (κ1) is 20.5. The minimum atomic E-state index is -3.76. The van der Waals surface area contributed by atoms with Gasteiger partial charge in [-0.15, -0.1) is 11.3 Å². The molecule has 0 radical (unpaired) electrons. The van der Waals surface area contributed by atoms with Gasteiger partial charge < -0.3 is 5.32 Å². The average Bonchev–Trinajstić information content (AvgIpc) is 2.97. The zero-order valence-corrected chi connectivity index (χ0v) is 17.2. The van der Waals surface area contributed by atoms with E-state index in [2.05, 4.69) is 5.32 Å². The Kier molecular flexibility index (Phi) is 6.75. The van der Waals surface area contributed by atoms with Gasteiger partial charge in [0, 0.05) is 7.05 Å². The Hall–Kier alpha value is -0.830. The monoisotopic (exact) mass is 440 g/mol. The van der Waals surface area contributed by atoms with E-state index in [1.165, 1.54) is 19.2 Å². The molecule has 1 amide bonds. The van der Waals surface area contributed by atoms with Crippen molar-refractivity contribution in [3.63, 3.8) is 0 Å². The maximum absolute atomic E-state index is 12.4. The van der Waals surface area contributed by atoms with Crippen molar-refractivity contribution < 1.29 is 13.2 Å². The highest BCUT2D eigenvalue weighted by Crippen LogP contribution is 2.28. The molecule has 5 nitrogen and oxygen atoms in total. The minimum Gasteiger partial charge on any atom is -0.348 e. The van der Waals surface area contributed by atoms with Crippen molar-refractivity contribution in [2.45, 2.75) is 17.2 Å². The number of halogens is 3. The summed E-state index contributed by atoms with van der Waals surface area (Å²) in [7, 11) is -2.42. The highest BCUT2D eigenvalue weighted by atomic mass is 35.5. The molecule has 136 valence electrons. The normalized spacial score (nSPS) is 13.0. The number of hydrogen-bond donors (Lipinski definition) is 1. The number of nitrogens with one attached hydrogen (secondary N) is 1. The molecule has 0 aliphatic rings. The molecule has 25 heavy (non-hydrogen) atoms. The lowest BCUT2D eigenvalue weighted by Crippen LogP contribution is -2.39. The molecule has 0 spiro atoms. The van der Waals surface area contributed by atoms with E-state index in [9.17, 15) is 13.2 Å². The predicted octanol–water partition coefficient (Wildman–Crippen LogP) is 4.21. The highest BCUT2D eigenvalue weighted by Gasteiger charge is 2.25. The summed E-state index contributed by atoms with van der Waals surface area (Å²) in [6.07, 6.45) is 0. The predicted molar refractivity (Wildman–Crippen MR) is 102 cm³/mol. The molecule has 2 aromatic rings. The molecular weight excluding hydrogens is 427 g/mol. The first-order valence-electron chi connectivity index (χ1n) is 7.07. The first-order chi connectivity index (χ1) is 11.6. The number of nitrogens with zero attached hydrogens (tertiary/aromatic N) is 1. The quantitative estimate of drug-likeness (QED) is 0.730. The molecule has 0 aliphatic carbocycles. The number of likely N-dealkylation sites (N-methyl/N-ethyl adjacent to an activating group) is 1. The fourth-order valence-corrected chi connectivity index (χ4v) is 5.16. The molecule has 2 rings (SSSR count). The van der Waals surface area contributed by atoms with Crippen LogP contribution >= 0.6 is 46.1 Å². The number of amides is 1. The Labute approximate surface area is 165 Å². The van der Waals surface area contributed by atoms with Crippen LogP contribution in [0.15, 0.2) is 34.5 Å². The van der Waals surface area contributed by atoms with E-state index in [-0.39, 0.29) is 16.8 Å². The van der Waals surface area contributed by atoms with Gasteiger partial charge >= 0.3 is 0 Å². The molecule has 1 N–H and O–H groups in total. The minimum absolute atomic E-state index is 0.0883. The number of rotatable bonds is 6. The summed E-state index contributed by atoms with van der Waals surface area (Å²) in [5, 5.41) is 3.54. The highest BCUT2D eigenvalue weighted by molar-refractivity contribution is 7.91. The molecule has 1 aromatic heterocycles. The number of hydrogen-bond acceptors (Lipinski definition) is 4. The van der Waals surface area contributed by atoms with Crippen molar-refractivity contribution in [2.75, 3.05) is 13.6 Å². The molecule has 1 atom stereocenters. The van der Waals surface area contributed by atoms with Gasteiger partial charge in [0.15, 0.2) is 0 Å². The molecule has 0 saturated carbocycles. The van der Waals surface area contributed by atoms with E-state index in [0.717, 1.165) is 21.2 Å². The van der Waals surface area contributed by atoms with E-state index in [0.29, 0.717) is 14.4 Å². The molecule has 0 saturated heterocycles.